The van der Waals surface area contributed by atoms with E-state index in [1.54, 1.807) is 45.0 Å². The summed E-state index contributed by atoms with van der Waals surface area (Å²) in [7, 11) is 0. The molecule has 140 valence electrons. The summed E-state index contributed by atoms with van der Waals surface area (Å²) in [6, 6.07) is 6.76. The number of benzene rings is 1. The fourth-order valence-corrected chi connectivity index (χ4v) is 2.53. The van der Waals surface area contributed by atoms with Crippen LogP contribution >= 0.6 is 0 Å². The second-order valence-electron chi connectivity index (χ2n) is 7.31. The van der Waals surface area contributed by atoms with Crippen molar-refractivity contribution >= 4 is 29.7 Å². The van der Waals surface area contributed by atoms with Crippen molar-refractivity contribution in [1.82, 2.24) is 5.32 Å². The van der Waals surface area contributed by atoms with Gasteiger partial charge in [0.25, 0.3) is 0 Å². The van der Waals surface area contributed by atoms with Crippen LogP contribution < -0.4 is 10.6 Å². The van der Waals surface area contributed by atoms with Crippen LogP contribution in [0.15, 0.2) is 30.3 Å². The molecule has 0 atom stereocenters. The Labute approximate surface area is 152 Å². The molecule has 2 rings (SSSR count). The number of carboxylic acid groups (broad SMARTS) is 1. The zero-order valence-electron chi connectivity index (χ0n) is 15.2. The molecule has 1 aromatic carbocycles. The standard InChI is InChI=1S/C19H24N2O5/c1-18(2,3)26-17(25)21-19(11-4-12-19)16(24)20-14-8-5-13(6-9-14)7-10-15(22)23/h5-10H,4,11-12H2,1-3H3,(H,20,24)(H,21,25)(H,22,23)/b10-7+. The summed E-state index contributed by atoms with van der Waals surface area (Å²) in [5, 5.41) is 14.1. The molecule has 0 aliphatic heterocycles. The number of anilines is 1. The number of hydrogen-bond acceptors (Lipinski definition) is 4. The van der Waals surface area contributed by atoms with Gasteiger partial charge in [-0.15, -0.1) is 0 Å². The maximum Gasteiger partial charge on any atom is 0.408 e. The lowest BCUT2D eigenvalue weighted by atomic mass is 9.76. The van der Waals surface area contributed by atoms with Gasteiger partial charge in [-0.25, -0.2) is 9.59 Å². The molecular formula is C19H24N2O5. The normalized spacial score (nSPS) is 15.8. The van der Waals surface area contributed by atoms with Crippen LogP contribution in [0.1, 0.15) is 45.6 Å². The second kappa shape index (κ2) is 7.59. The van der Waals surface area contributed by atoms with E-state index in [2.05, 4.69) is 10.6 Å². The van der Waals surface area contributed by atoms with Gasteiger partial charge < -0.3 is 20.5 Å². The first kappa shape index (κ1) is 19.5. The number of ether oxygens (including phenoxy) is 1. The minimum absolute atomic E-state index is 0.288. The molecule has 0 aromatic heterocycles. The summed E-state index contributed by atoms with van der Waals surface area (Å²) >= 11 is 0. The lowest BCUT2D eigenvalue weighted by Gasteiger charge is -2.40. The Balaban J connectivity index is 2.00. The minimum Gasteiger partial charge on any atom is -0.478 e. The number of amides is 2. The Bertz CT molecular complexity index is 712. The Morgan fingerprint density at radius 1 is 1.15 bits per heavy atom. The molecule has 0 bridgehead atoms. The largest absolute Gasteiger partial charge is 0.478 e. The van der Waals surface area contributed by atoms with E-state index < -0.39 is 23.2 Å². The zero-order valence-corrected chi connectivity index (χ0v) is 15.2. The Morgan fingerprint density at radius 2 is 1.77 bits per heavy atom. The summed E-state index contributed by atoms with van der Waals surface area (Å²) in [5.41, 5.74) is -0.315. The molecule has 2 amide bonds. The van der Waals surface area contributed by atoms with Crippen molar-refractivity contribution in [3.63, 3.8) is 0 Å². The fourth-order valence-electron chi connectivity index (χ4n) is 2.53. The number of carbonyl (C=O) groups is 3. The van der Waals surface area contributed by atoms with Crippen LogP contribution in [0.4, 0.5) is 10.5 Å². The van der Waals surface area contributed by atoms with Gasteiger partial charge in [0, 0.05) is 11.8 Å². The van der Waals surface area contributed by atoms with E-state index in [1.807, 2.05) is 0 Å². The molecule has 0 saturated heterocycles. The molecule has 0 radical (unpaired) electrons. The van der Waals surface area contributed by atoms with Gasteiger partial charge in [-0.1, -0.05) is 12.1 Å². The van der Waals surface area contributed by atoms with E-state index >= 15 is 0 Å². The average Bonchev–Trinajstić information content (AvgIpc) is 2.48. The van der Waals surface area contributed by atoms with Gasteiger partial charge in [-0.2, -0.15) is 0 Å². The smallest absolute Gasteiger partial charge is 0.408 e. The van der Waals surface area contributed by atoms with Crippen molar-refractivity contribution in [1.29, 1.82) is 0 Å². The summed E-state index contributed by atoms with van der Waals surface area (Å²) < 4.78 is 5.25. The van der Waals surface area contributed by atoms with Gasteiger partial charge in [0.15, 0.2) is 0 Å². The molecule has 1 aliphatic carbocycles. The SMILES string of the molecule is CC(C)(C)OC(=O)NC1(C(=O)Nc2ccc(/C=C/C(=O)O)cc2)CCC1. The van der Waals surface area contributed by atoms with E-state index in [1.165, 1.54) is 6.08 Å². The number of aliphatic carboxylic acids is 1. The molecule has 0 spiro atoms. The van der Waals surface area contributed by atoms with Gasteiger partial charge in [-0.3, -0.25) is 4.79 Å². The third-order valence-corrected chi connectivity index (χ3v) is 3.97. The predicted octanol–water partition coefficient (Wildman–Crippen LogP) is 3.17. The van der Waals surface area contributed by atoms with Gasteiger partial charge in [0.2, 0.25) is 5.91 Å². The monoisotopic (exact) mass is 360 g/mol. The van der Waals surface area contributed by atoms with E-state index in [0.29, 0.717) is 24.1 Å². The van der Waals surface area contributed by atoms with Gasteiger partial charge in [0.1, 0.15) is 11.1 Å². The highest BCUT2D eigenvalue weighted by atomic mass is 16.6. The quantitative estimate of drug-likeness (QED) is 0.700. The highest BCUT2D eigenvalue weighted by molar-refractivity contribution is 6.00. The van der Waals surface area contributed by atoms with Crippen molar-refractivity contribution in [2.75, 3.05) is 5.32 Å². The molecule has 0 unspecified atom stereocenters. The predicted molar refractivity (Wildman–Crippen MR) is 97.7 cm³/mol. The third kappa shape index (κ3) is 5.34. The number of carboxylic acids is 1. The Hall–Kier alpha value is -2.83. The Morgan fingerprint density at radius 3 is 2.23 bits per heavy atom. The van der Waals surface area contributed by atoms with Crippen LogP contribution in [0, 0.1) is 0 Å². The fraction of sp³-hybridized carbons (Fsp3) is 0.421. The molecule has 1 saturated carbocycles. The van der Waals surface area contributed by atoms with Crippen molar-refractivity contribution < 1.29 is 24.2 Å². The van der Waals surface area contributed by atoms with E-state index in [4.69, 9.17) is 9.84 Å². The molecule has 3 N–H and O–H groups in total. The van der Waals surface area contributed by atoms with Crippen molar-refractivity contribution in [2.24, 2.45) is 0 Å². The highest BCUT2D eigenvalue weighted by Gasteiger charge is 2.46. The lowest BCUT2D eigenvalue weighted by molar-refractivity contribution is -0.131. The van der Waals surface area contributed by atoms with E-state index in [-0.39, 0.29) is 5.91 Å². The third-order valence-electron chi connectivity index (χ3n) is 3.97. The maximum absolute atomic E-state index is 12.6. The van der Waals surface area contributed by atoms with E-state index in [0.717, 1.165) is 12.5 Å². The van der Waals surface area contributed by atoms with Gasteiger partial charge in [0.05, 0.1) is 0 Å². The second-order valence-corrected chi connectivity index (χ2v) is 7.31. The number of alkyl carbamates (subject to hydrolysis) is 1. The number of rotatable bonds is 5. The molecule has 0 heterocycles. The van der Waals surface area contributed by atoms with Crippen LogP contribution in [0.5, 0.6) is 0 Å². The topological polar surface area (TPSA) is 105 Å². The molecule has 1 fully saturated rings. The van der Waals surface area contributed by atoms with Gasteiger partial charge >= 0.3 is 12.1 Å². The van der Waals surface area contributed by atoms with Crippen LogP contribution in [0.2, 0.25) is 0 Å². The van der Waals surface area contributed by atoms with Crippen LogP contribution in [0.25, 0.3) is 6.08 Å². The van der Waals surface area contributed by atoms with E-state index in [9.17, 15) is 14.4 Å². The molecule has 7 nitrogen and oxygen atoms in total. The summed E-state index contributed by atoms with van der Waals surface area (Å²) in [6.45, 7) is 5.29. The first-order valence-corrected chi connectivity index (χ1v) is 8.43. The highest BCUT2D eigenvalue weighted by Crippen LogP contribution is 2.33. The maximum atomic E-state index is 12.6. The summed E-state index contributed by atoms with van der Waals surface area (Å²) in [5.74, 6) is -1.31. The lowest BCUT2D eigenvalue weighted by Crippen LogP contribution is -2.61. The molecule has 1 aliphatic rings. The van der Waals surface area contributed by atoms with Gasteiger partial charge in [-0.05, 0) is 63.8 Å². The minimum atomic E-state index is -1.03. The van der Waals surface area contributed by atoms with Crippen molar-refractivity contribution in [2.45, 2.75) is 51.2 Å². The number of carbonyl (C=O) groups excluding carboxylic acids is 2. The number of hydrogen-bond donors (Lipinski definition) is 3. The number of nitrogens with one attached hydrogen (secondary N) is 2. The summed E-state index contributed by atoms with van der Waals surface area (Å²) in [4.78, 5) is 35.2. The first-order valence-electron chi connectivity index (χ1n) is 8.43. The van der Waals surface area contributed by atoms with Crippen molar-refractivity contribution in [3.05, 3.63) is 35.9 Å². The molecule has 7 heteroatoms. The first-order chi connectivity index (χ1) is 12.1. The van der Waals surface area contributed by atoms with Crippen molar-refractivity contribution in [3.8, 4) is 0 Å². The summed E-state index contributed by atoms with van der Waals surface area (Å²) in [6.07, 6.45) is 3.85. The molecule has 1 aromatic rings. The zero-order chi connectivity index (χ0) is 19.4. The molecule has 26 heavy (non-hydrogen) atoms. The van der Waals surface area contributed by atoms with Crippen LogP contribution in [-0.4, -0.2) is 34.2 Å². The van der Waals surface area contributed by atoms with Crippen LogP contribution in [-0.2, 0) is 14.3 Å². The molecular weight excluding hydrogens is 336 g/mol. The Kier molecular flexibility index (Phi) is 5.69. The average molecular weight is 360 g/mol. The van der Waals surface area contributed by atoms with Crippen LogP contribution in [0.3, 0.4) is 0 Å².